The Bertz CT molecular complexity index is 1720. The number of carboxylic acids is 1. The molecule has 0 spiro atoms. The summed E-state index contributed by atoms with van der Waals surface area (Å²) in [5, 5.41) is 24.6. The van der Waals surface area contributed by atoms with Gasteiger partial charge in [-0.25, -0.2) is 4.79 Å². The Morgan fingerprint density at radius 1 is 1.18 bits per heavy atom. The summed E-state index contributed by atoms with van der Waals surface area (Å²) in [6, 6.07) is 18.9. The molecule has 0 radical (unpaired) electrons. The normalized spacial score (nSPS) is 17.5. The van der Waals surface area contributed by atoms with Crippen LogP contribution in [0.3, 0.4) is 0 Å². The van der Waals surface area contributed by atoms with Crippen LogP contribution >= 0.6 is 0 Å². The van der Waals surface area contributed by atoms with Gasteiger partial charge in [-0.05, 0) is 111 Å². The second kappa shape index (κ2) is 16.8. The molecule has 1 aliphatic rings. The van der Waals surface area contributed by atoms with Gasteiger partial charge in [0.05, 0.1) is 35.9 Å². The van der Waals surface area contributed by atoms with Crippen molar-refractivity contribution in [1.29, 1.82) is 5.41 Å². The Balaban J connectivity index is 1.43. The summed E-state index contributed by atoms with van der Waals surface area (Å²) < 4.78 is 12.6. The fourth-order valence-corrected chi connectivity index (χ4v) is 6.06. The minimum atomic E-state index is -0.989. The molecule has 4 N–H and O–H groups in total. The van der Waals surface area contributed by atoms with E-state index in [1.807, 2.05) is 62.1 Å². The lowest BCUT2D eigenvalue weighted by molar-refractivity contribution is 0.0697. The number of anilines is 2. The number of benzene rings is 3. The molecule has 1 fully saturated rings. The second-order valence-electron chi connectivity index (χ2n) is 13.3. The molecule has 3 aromatic carbocycles. The van der Waals surface area contributed by atoms with Gasteiger partial charge in [0.15, 0.2) is 0 Å². The number of terminal acetylenes is 1. The van der Waals surface area contributed by atoms with E-state index in [0.717, 1.165) is 77.3 Å². The number of nitrogens with zero attached hydrogens (tertiary/aromatic N) is 1. The van der Waals surface area contributed by atoms with E-state index in [1.54, 1.807) is 18.2 Å². The number of allylic oxidation sites excluding steroid dienone is 2. The first-order chi connectivity index (χ1) is 23.4. The van der Waals surface area contributed by atoms with Crippen molar-refractivity contribution < 1.29 is 19.4 Å². The molecule has 0 aliphatic heterocycles. The number of hydrogen-bond acceptors (Lipinski definition) is 6. The molecule has 0 bridgehead atoms. The third-order valence-corrected chi connectivity index (χ3v) is 9.02. The molecular weight excluding hydrogens is 611 g/mol. The SMILES string of the molecule is Bc1cc(C#C)ccc1OCc1cccc(OC2CCC(C)(/C=C(/CNc3cc(C(=O)O)ccc3NC(=C)CC)N(C=N)C(C)C)CC2)c1. The number of nitrogens with one attached hydrogen (secondary N) is 3. The molecule has 0 heterocycles. The van der Waals surface area contributed by atoms with Crippen molar-refractivity contribution in [2.45, 2.75) is 78.6 Å². The largest absolute Gasteiger partial charge is 0.490 e. The third-order valence-electron chi connectivity index (χ3n) is 9.02. The molecule has 49 heavy (non-hydrogen) atoms. The maximum Gasteiger partial charge on any atom is 0.335 e. The van der Waals surface area contributed by atoms with Gasteiger partial charge in [-0.1, -0.05) is 44.6 Å². The predicted molar refractivity (Wildman–Crippen MR) is 203 cm³/mol. The van der Waals surface area contributed by atoms with Crippen LogP contribution in [0.5, 0.6) is 11.5 Å². The van der Waals surface area contributed by atoms with Crippen molar-refractivity contribution >= 4 is 37.0 Å². The number of hydrogen-bond donors (Lipinski definition) is 4. The highest BCUT2D eigenvalue weighted by atomic mass is 16.5. The zero-order chi connectivity index (χ0) is 35.6. The average Bonchev–Trinajstić information content (AvgIpc) is 3.08. The van der Waals surface area contributed by atoms with Crippen LogP contribution in [0.2, 0.25) is 0 Å². The lowest BCUT2D eigenvalue weighted by Crippen LogP contribution is -2.35. The molecule has 0 aromatic heterocycles. The topological polar surface area (TPSA) is 107 Å². The van der Waals surface area contributed by atoms with E-state index in [0.29, 0.717) is 18.8 Å². The highest BCUT2D eigenvalue weighted by Crippen LogP contribution is 2.40. The summed E-state index contributed by atoms with van der Waals surface area (Å²) in [5.41, 5.74) is 6.19. The Hall–Kier alpha value is -5.10. The molecule has 256 valence electrons. The van der Waals surface area contributed by atoms with Crippen LogP contribution < -0.4 is 25.6 Å². The Morgan fingerprint density at radius 3 is 2.57 bits per heavy atom. The minimum absolute atomic E-state index is 0.0686. The minimum Gasteiger partial charge on any atom is -0.490 e. The van der Waals surface area contributed by atoms with E-state index in [-0.39, 0.29) is 23.1 Å². The van der Waals surface area contributed by atoms with E-state index in [9.17, 15) is 9.90 Å². The monoisotopic (exact) mass is 660 g/mol. The van der Waals surface area contributed by atoms with E-state index in [2.05, 4.69) is 50.0 Å². The molecule has 0 saturated heterocycles. The van der Waals surface area contributed by atoms with Crippen molar-refractivity contribution in [3.05, 3.63) is 101 Å². The molecule has 8 nitrogen and oxygen atoms in total. The van der Waals surface area contributed by atoms with Crippen molar-refractivity contribution in [3.63, 3.8) is 0 Å². The maximum absolute atomic E-state index is 11.8. The number of carboxylic acid groups (broad SMARTS) is 1. The third kappa shape index (κ3) is 10.2. The van der Waals surface area contributed by atoms with Gasteiger partial charge in [0.25, 0.3) is 0 Å². The summed E-state index contributed by atoms with van der Waals surface area (Å²) in [7, 11) is 1.99. The number of rotatable bonds is 16. The fourth-order valence-electron chi connectivity index (χ4n) is 6.06. The van der Waals surface area contributed by atoms with E-state index >= 15 is 0 Å². The van der Waals surface area contributed by atoms with Gasteiger partial charge in [-0.3, -0.25) is 5.41 Å². The van der Waals surface area contributed by atoms with Crippen LogP contribution in [0, 0.1) is 23.2 Å². The van der Waals surface area contributed by atoms with Gasteiger partial charge in [-0.2, -0.15) is 0 Å². The summed E-state index contributed by atoms with van der Waals surface area (Å²) in [6.45, 7) is 13.3. The van der Waals surface area contributed by atoms with Crippen molar-refractivity contribution in [1.82, 2.24) is 4.90 Å². The first kappa shape index (κ1) is 36.7. The quantitative estimate of drug-likeness (QED) is 0.0558. The van der Waals surface area contributed by atoms with Gasteiger partial charge >= 0.3 is 5.97 Å². The first-order valence-corrected chi connectivity index (χ1v) is 17.0. The molecule has 0 atom stereocenters. The number of carbonyl (C=O) groups is 1. The maximum atomic E-state index is 11.8. The van der Waals surface area contributed by atoms with Gasteiger partial charge in [0.2, 0.25) is 0 Å². The van der Waals surface area contributed by atoms with Gasteiger partial charge in [0.1, 0.15) is 26.0 Å². The number of aromatic carboxylic acids is 1. The van der Waals surface area contributed by atoms with Crippen molar-refractivity contribution in [2.24, 2.45) is 5.41 Å². The highest BCUT2D eigenvalue weighted by molar-refractivity contribution is 6.34. The van der Waals surface area contributed by atoms with Crippen LogP contribution in [0.4, 0.5) is 11.4 Å². The van der Waals surface area contributed by atoms with Crippen molar-refractivity contribution in [3.8, 4) is 23.8 Å². The van der Waals surface area contributed by atoms with E-state index in [4.69, 9.17) is 21.3 Å². The summed E-state index contributed by atoms with van der Waals surface area (Å²) >= 11 is 0. The number of ether oxygens (including phenoxy) is 2. The second-order valence-corrected chi connectivity index (χ2v) is 13.3. The van der Waals surface area contributed by atoms with Crippen LogP contribution in [0.25, 0.3) is 0 Å². The zero-order valence-corrected chi connectivity index (χ0v) is 29.4. The van der Waals surface area contributed by atoms with E-state index in [1.165, 1.54) is 6.34 Å². The fraction of sp³-hybridized carbons (Fsp3) is 0.350. The molecule has 4 rings (SSSR count). The van der Waals surface area contributed by atoms with Gasteiger partial charge in [-0.15, -0.1) is 6.42 Å². The Morgan fingerprint density at radius 2 is 1.94 bits per heavy atom. The predicted octanol–water partition coefficient (Wildman–Crippen LogP) is 7.18. The lowest BCUT2D eigenvalue weighted by Gasteiger charge is -2.37. The smallest absolute Gasteiger partial charge is 0.335 e. The van der Waals surface area contributed by atoms with Crippen LogP contribution in [0.15, 0.2) is 84.7 Å². The first-order valence-electron chi connectivity index (χ1n) is 17.0. The average molecular weight is 661 g/mol. The molecule has 1 aliphatic carbocycles. The van der Waals surface area contributed by atoms with Crippen LogP contribution in [-0.4, -0.2) is 48.9 Å². The molecule has 1 saturated carbocycles. The van der Waals surface area contributed by atoms with Crippen LogP contribution in [0.1, 0.15) is 81.3 Å². The highest BCUT2D eigenvalue weighted by Gasteiger charge is 2.32. The Kier molecular flexibility index (Phi) is 12.6. The van der Waals surface area contributed by atoms with E-state index < -0.39 is 5.97 Å². The molecule has 3 aromatic rings. The summed E-state index contributed by atoms with van der Waals surface area (Å²) in [5.74, 6) is 3.31. The zero-order valence-electron chi connectivity index (χ0n) is 29.4. The molecular formula is C40H49BN4O4. The van der Waals surface area contributed by atoms with Gasteiger partial charge < -0.3 is 30.1 Å². The summed E-state index contributed by atoms with van der Waals surface area (Å²) in [6.07, 6.45) is 13.7. The molecule has 0 unspecified atom stereocenters. The lowest BCUT2D eigenvalue weighted by atomic mass is 9.74. The van der Waals surface area contributed by atoms with Crippen LogP contribution in [-0.2, 0) is 6.61 Å². The van der Waals surface area contributed by atoms with Crippen molar-refractivity contribution in [2.75, 3.05) is 17.2 Å². The molecule has 0 amide bonds. The summed E-state index contributed by atoms with van der Waals surface area (Å²) in [4.78, 5) is 13.7. The standard InChI is InChI=1S/C40H49BN4O4/c1-7-28(5)44-36-14-13-31(39(46)47)22-37(36)43-24-32(45(26-42)27(3)4)23-40(6)18-16-33(17-19-40)49-34-11-9-10-30(20-34)25-48-38-15-12-29(8-2)21-35(38)41/h2,9-15,20-23,26-27,33,42-44H,5,7,16-19,24-25,41H2,1,3-4,6H3,(H,46,47)/b32-23-,42-26?. The van der Waals surface area contributed by atoms with Gasteiger partial charge in [0, 0.05) is 23.0 Å². The Labute approximate surface area is 292 Å². The molecule has 9 heteroatoms.